The number of carboxylic acid groups (broad SMARTS) is 1. The van der Waals surface area contributed by atoms with Crippen LogP contribution < -0.4 is 5.73 Å². The third-order valence-electron chi connectivity index (χ3n) is 2.14. The van der Waals surface area contributed by atoms with Crippen LogP contribution in [0.25, 0.3) is 0 Å². The van der Waals surface area contributed by atoms with Crippen LogP contribution in [-0.4, -0.2) is 16.1 Å². The van der Waals surface area contributed by atoms with Crippen LogP contribution in [0.3, 0.4) is 0 Å². The molecule has 0 bridgehead atoms. The monoisotopic (exact) mass is 194 g/mol. The van der Waals surface area contributed by atoms with Crippen molar-refractivity contribution in [3.63, 3.8) is 0 Å². The maximum absolute atomic E-state index is 10.6. The fourth-order valence-corrected chi connectivity index (χ4v) is 1.50. The summed E-state index contributed by atoms with van der Waals surface area (Å²) in [6.45, 7) is 3.52. The molecule has 0 aromatic carbocycles. The lowest BCUT2D eigenvalue weighted by atomic mass is 9.89. The highest BCUT2D eigenvalue weighted by molar-refractivity contribution is 5.68. The summed E-state index contributed by atoms with van der Waals surface area (Å²) in [5.74, 6) is -0.904. The van der Waals surface area contributed by atoms with Crippen molar-refractivity contribution in [3.8, 4) is 0 Å². The van der Waals surface area contributed by atoms with Crippen LogP contribution in [0.15, 0.2) is 18.3 Å². The Morgan fingerprint density at radius 2 is 2.36 bits per heavy atom. The van der Waals surface area contributed by atoms with Gasteiger partial charge in [-0.1, -0.05) is 6.07 Å². The summed E-state index contributed by atoms with van der Waals surface area (Å²) in [4.78, 5) is 14.7. The fraction of sp³-hybridized carbons (Fsp3) is 0.400. The molecule has 0 fully saturated rings. The summed E-state index contributed by atoms with van der Waals surface area (Å²) in [6, 6.07) is 3.57. The SMILES string of the molecule is Cc1ncccc1C(C)(N)CC(=O)O. The third-order valence-corrected chi connectivity index (χ3v) is 2.14. The first-order valence-electron chi connectivity index (χ1n) is 4.36. The van der Waals surface area contributed by atoms with E-state index in [0.717, 1.165) is 11.3 Å². The van der Waals surface area contributed by atoms with E-state index in [1.807, 2.05) is 13.0 Å². The van der Waals surface area contributed by atoms with E-state index >= 15 is 0 Å². The molecule has 0 saturated heterocycles. The first-order chi connectivity index (χ1) is 6.43. The number of hydrogen-bond acceptors (Lipinski definition) is 3. The molecule has 1 aromatic rings. The van der Waals surface area contributed by atoms with Gasteiger partial charge in [0.15, 0.2) is 0 Å². The number of carbonyl (C=O) groups is 1. The van der Waals surface area contributed by atoms with Crippen molar-refractivity contribution < 1.29 is 9.90 Å². The van der Waals surface area contributed by atoms with Crippen molar-refractivity contribution in [2.24, 2.45) is 5.73 Å². The molecule has 4 nitrogen and oxygen atoms in total. The minimum atomic E-state index is -0.904. The lowest BCUT2D eigenvalue weighted by molar-refractivity contribution is -0.138. The number of aryl methyl sites for hydroxylation is 1. The van der Waals surface area contributed by atoms with E-state index in [1.54, 1.807) is 19.2 Å². The van der Waals surface area contributed by atoms with Gasteiger partial charge in [-0.15, -0.1) is 0 Å². The standard InChI is InChI=1S/C10H14N2O2/c1-7-8(4-3-5-12-7)10(2,11)6-9(13)14/h3-5H,6,11H2,1-2H3,(H,13,14). The Morgan fingerprint density at radius 1 is 1.71 bits per heavy atom. The third kappa shape index (κ3) is 2.29. The van der Waals surface area contributed by atoms with E-state index in [1.165, 1.54) is 0 Å². The summed E-state index contributed by atoms with van der Waals surface area (Å²) in [6.07, 6.45) is 1.56. The van der Waals surface area contributed by atoms with Crippen LogP contribution in [0.4, 0.5) is 0 Å². The second kappa shape index (κ2) is 3.75. The zero-order chi connectivity index (χ0) is 10.8. The van der Waals surface area contributed by atoms with Gasteiger partial charge in [-0.3, -0.25) is 9.78 Å². The van der Waals surface area contributed by atoms with Crippen molar-refractivity contribution >= 4 is 5.97 Å². The van der Waals surface area contributed by atoms with Crippen molar-refractivity contribution in [2.75, 3.05) is 0 Å². The molecular weight excluding hydrogens is 180 g/mol. The normalized spacial score (nSPS) is 14.8. The molecular formula is C10H14N2O2. The molecule has 3 N–H and O–H groups in total. The summed E-state index contributed by atoms with van der Waals surface area (Å²) >= 11 is 0. The van der Waals surface area contributed by atoms with Crippen molar-refractivity contribution in [3.05, 3.63) is 29.6 Å². The van der Waals surface area contributed by atoms with E-state index in [9.17, 15) is 4.79 Å². The Morgan fingerprint density at radius 3 is 2.86 bits per heavy atom. The van der Waals surface area contributed by atoms with Crippen molar-refractivity contribution in [2.45, 2.75) is 25.8 Å². The number of carboxylic acids is 1. The Kier molecular flexibility index (Phi) is 2.86. The topological polar surface area (TPSA) is 76.2 Å². The van der Waals surface area contributed by atoms with E-state index in [0.29, 0.717) is 0 Å². The van der Waals surface area contributed by atoms with Gasteiger partial charge in [0, 0.05) is 11.9 Å². The molecule has 0 radical (unpaired) electrons. The molecule has 0 spiro atoms. The molecule has 1 heterocycles. The number of hydrogen-bond donors (Lipinski definition) is 2. The Labute approximate surface area is 82.8 Å². The van der Waals surface area contributed by atoms with Gasteiger partial charge in [-0.25, -0.2) is 0 Å². The highest BCUT2D eigenvalue weighted by atomic mass is 16.4. The average Bonchev–Trinajstić information content (AvgIpc) is 2.02. The number of nitrogens with two attached hydrogens (primary N) is 1. The highest BCUT2D eigenvalue weighted by Crippen LogP contribution is 2.23. The van der Waals surface area contributed by atoms with Crippen LogP contribution in [-0.2, 0) is 10.3 Å². The highest BCUT2D eigenvalue weighted by Gasteiger charge is 2.26. The van der Waals surface area contributed by atoms with Gasteiger partial charge in [-0.05, 0) is 25.5 Å². The van der Waals surface area contributed by atoms with Crippen LogP contribution in [0, 0.1) is 6.92 Å². The molecule has 0 aliphatic carbocycles. The average molecular weight is 194 g/mol. The molecule has 76 valence electrons. The van der Waals surface area contributed by atoms with Gasteiger partial charge < -0.3 is 10.8 Å². The number of aliphatic carboxylic acids is 1. The van der Waals surface area contributed by atoms with Gasteiger partial charge in [0.05, 0.1) is 12.0 Å². The van der Waals surface area contributed by atoms with Gasteiger partial charge in [0.25, 0.3) is 0 Å². The Balaban J connectivity index is 3.03. The fourth-order valence-electron chi connectivity index (χ4n) is 1.50. The largest absolute Gasteiger partial charge is 0.481 e. The van der Waals surface area contributed by atoms with Crippen LogP contribution in [0.2, 0.25) is 0 Å². The lowest BCUT2D eigenvalue weighted by Crippen LogP contribution is -2.36. The Hall–Kier alpha value is -1.42. The summed E-state index contributed by atoms with van der Waals surface area (Å²) in [7, 11) is 0. The molecule has 1 rings (SSSR count). The molecule has 0 aliphatic rings. The van der Waals surface area contributed by atoms with E-state index in [4.69, 9.17) is 10.8 Å². The lowest BCUT2D eigenvalue weighted by Gasteiger charge is -2.24. The van der Waals surface area contributed by atoms with Crippen LogP contribution >= 0.6 is 0 Å². The number of rotatable bonds is 3. The second-order valence-corrected chi connectivity index (χ2v) is 3.62. The molecule has 0 aliphatic heterocycles. The molecule has 0 amide bonds. The number of aromatic nitrogens is 1. The number of pyridine rings is 1. The van der Waals surface area contributed by atoms with Gasteiger partial charge in [-0.2, -0.15) is 0 Å². The van der Waals surface area contributed by atoms with Crippen molar-refractivity contribution in [1.29, 1.82) is 0 Å². The molecule has 1 aromatic heterocycles. The Bertz CT molecular complexity index is 348. The van der Waals surface area contributed by atoms with E-state index in [2.05, 4.69) is 4.98 Å². The predicted molar refractivity (Wildman–Crippen MR) is 52.8 cm³/mol. The molecule has 0 saturated carbocycles. The smallest absolute Gasteiger partial charge is 0.305 e. The maximum atomic E-state index is 10.6. The number of nitrogens with zero attached hydrogens (tertiary/aromatic N) is 1. The summed E-state index contributed by atoms with van der Waals surface area (Å²) in [5, 5.41) is 8.70. The van der Waals surface area contributed by atoms with E-state index < -0.39 is 11.5 Å². The summed E-state index contributed by atoms with van der Waals surface area (Å²) in [5.41, 5.74) is 6.62. The molecule has 14 heavy (non-hydrogen) atoms. The summed E-state index contributed by atoms with van der Waals surface area (Å²) < 4.78 is 0. The van der Waals surface area contributed by atoms with Gasteiger partial charge in [0.1, 0.15) is 0 Å². The minimum Gasteiger partial charge on any atom is -0.481 e. The zero-order valence-corrected chi connectivity index (χ0v) is 8.32. The van der Waals surface area contributed by atoms with Gasteiger partial charge in [0.2, 0.25) is 0 Å². The minimum absolute atomic E-state index is 0.0977. The molecule has 4 heteroatoms. The van der Waals surface area contributed by atoms with Crippen LogP contribution in [0.5, 0.6) is 0 Å². The van der Waals surface area contributed by atoms with E-state index in [-0.39, 0.29) is 6.42 Å². The quantitative estimate of drug-likeness (QED) is 0.753. The molecule has 1 unspecified atom stereocenters. The zero-order valence-electron chi connectivity index (χ0n) is 8.32. The first kappa shape index (κ1) is 10.7. The van der Waals surface area contributed by atoms with Crippen molar-refractivity contribution in [1.82, 2.24) is 4.98 Å². The predicted octanol–water partition coefficient (Wildman–Crippen LogP) is 1.04. The van der Waals surface area contributed by atoms with Gasteiger partial charge >= 0.3 is 5.97 Å². The maximum Gasteiger partial charge on any atom is 0.305 e. The second-order valence-electron chi connectivity index (χ2n) is 3.62. The molecule has 1 atom stereocenters. The first-order valence-corrected chi connectivity index (χ1v) is 4.36. The van der Waals surface area contributed by atoms with Crippen LogP contribution in [0.1, 0.15) is 24.6 Å².